The third kappa shape index (κ3) is 3.39. The molecule has 6 heteroatoms. The van der Waals surface area contributed by atoms with Gasteiger partial charge in [0.1, 0.15) is 0 Å². The second-order valence-electron chi connectivity index (χ2n) is 2.89. The van der Waals surface area contributed by atoms with Crippen LogP contribution >= 0.6 is 0 Å². The van der Waals surface area contributed by atoms with Crippen molar-refractivity contribution in [2.24, 2.45) is 0 Å². The molecular formula is C10H12NO5. The molecule has 87 valence electrons. The molecule has 0 saturated carbocycles. The zero-order chi connectivity index (χ0) is 12.0. The third-order valence-corrected chi connectivity index (χ3v) is 1.86. The zero-order valence-electron chi connectivity index (χ0n) is 9.00. The van der Waals surface area contributed by atoms with E-state index in [1.807, 2.05) is 0 Å². The second kappa shape index (κ2) is 5.92. The van der Waals surface area contributed by atoms with E-state index in [1.165, 1.54) is 14.2 Å². The van der Waals surface area contributed by atoms with Crippen molar-refractivity contribution in [3.8, 4) is 11.5 Å². The number of ether oxygens (including phenoxy) is 3. The standard InChI is InChI=1S/C10H12NO5/c1-14-9-4-3-8(5-10(9)15-2)6-16-7-11(12)13/h3-5,7H,6H2,1-2H3. The molecule has 0 aromatic heterocycles. The molecule has 0 atom stereocenters. The predicted molar refractivity (Wildman–Crippen MR) is 55.6 cm³/mol. The molecule has 0 saturated heterocycles. The summed E-state index contributed by atoms with van der Waals surface area (Å²) in [5.74, 6) is 1.16. The first-order valence-electron chi connectivity index (χ1n) is 4.46. The molecule has 0 fully saturated rings. The van der Waals surface area contributed by atoms with Gasteiger partial charge in [0.15, 0.2) is 11.5 Å². The Morgan fingerprint density at radius 3 is 2.56 bits per heavy atom. The van der Waals surface area contributed by atoms with E-state index in [2.05, 4.69) is 0 Å². The monoisotopic (exact) mass is 226 g/mol. The number of hydrogen-bond acceptors (Lipinski definition) is 5. The van der Waals surface area contributed by atoms with E-state index in [0.717, 1.165) is 5.56 Å². The van der Waals surface area contributed by atoms with Crippen molar-refractivity contribution >= 4 is 0 Å². The van der Waals surface area contributed by atoms with Crippen LogP contribution in [0.1, 0.15) is 5.56 Å². The van der Waals surface area contributed by atoms with Gasteiger partial charge in [-0.15, -0.1) is 0 Å². The van der Waals surface area contributed by atoms with Crippen LogP contribution in [-0.2, 0) is 11.3 Å². The van der Waals surface area contributed by atoms with Gasteiger partial charge in [-0.25, -0.2) is 0 Å². The van der Waals surface area contributed by atoms with Crippen LogP contribution in [0.5, 0.6) is 11.5 Å². The Morgan fingerprint density at radius 1 is 1.31 bits per heavy atom. The smallest absolute Gasteiger partial charge is 0.410 e. The highest BCUT2D eigenvalue weighted by atomic mass is 16.7. The van der Waals surface area contributed by atoms with Gasteiger partial charge in [0, 0.05) is 0 Å². The van der Waals surface area contributed by atoms with Gasteiger partial charge in [-0.05, 0) is 17.7 Å². The highest BCUT2D eigenvalue weighted by Crippen LogP contribution is 2.27. The lowest BCUT2D eigenvalue weighted by Crippen LogP contribution is -1.99. The fourth-order valence-corrected chi connectivity index (χ4v) is 1.16. The molecule has 0 bridgehead atoms. The number of rotatable bonds is 6. The van der Waals surface area contributed by atoms with Crippen LogP contribution < -0.4 is 9.47 Å². The van der Waals surface area contributed by atoms with Gasteiger partial charge in [0.05, 0.1) is 25.7 Å². The van der Waals surface area contributed by atoms with Crippen molar-refractivity contribution in [1.29, 1.82) is 0 Å². The average molecular weight is 226 g/mol. The van der Waals surface area contributed by atoms with Gasteiger partial charge < -0.3 is 14.2 Å². The Bertz CT molecular complexity index is 366. The fraction of sp³-hybridized carbons (Fsp3) is 0.300. The molecule has 0 spiro atoms. The third-order valence-electron chi connectivity index (χ3n) is 1.86. The number of hydrogen-bond donors (Lipinski definition) is 0. The molecule has 0 amide bonds. The number of nitrogens with zero attached hydrogens (tertiary/aromatic N) is 1. The Labute approximate surface area is 92.9 Å². The summed E-state index contributed by atoms with van der Waals surface area (Å²) >= 11 is 0. The van der Waals surface area contributed by atoms with Gasteiger partial charge >= 0.3 is 6.73 Å². The SMILES string of the molecule is COc1ccc(CO[CH][N+](=O)[O-])cc1OC. The van der Waals surface area contributed by atoms with Crippen LogP contribution in [0.25, 0.3) is 0 Å². The number of nitro groups is 1. The van der Waals surface area contributed by atoms with Crippen LogP contribution in [0.2, 0.25) is 0 Å². The van der Waals surface area contributed by atoms with Crippen LogP contribution in [0, 0.1) is 16.8 Å². The molecule has 1 radical (unpaired) electrons. The molecule has 0 N–H and O–H groups in total. The van der Waals surface area contributed by atoms with E-state index >= 15 is 0 Å². The highest BCUT2D eigenvalue weighted by molar-refractivity contribution is 5.42. The number of methoxy groups -OCH3 is 2. The Kier molecular flexibility index (Phi) is 4.53. The van der Waals surface area contributed by atoms with E-state index in [1.54, 1.807) is 18.2 Å². The van der Waals surface area contributed by atoms with Gasteiger partial charge in [-0.3, -0.25) is 10.1 Å². The zero-order valence-corrected chi connectivity index (χ0v) is 9.00. The summed E-state index contributed by atoms with van der Waals surface area (Å²) in [5.41, 5.74) is 0.760. The van der Waals surface area contributed by atoms with Gasteiger partial charge in [-0.2, -0.15) is 0 Å². The van der Waals surface area contributed by atoms with Gasteiger partial charge in [-0.1, -0.05) is 6.07 Å². The van der Waals surface area contributed by atoms with E-state index in [4.69, 9.17) is 14.2 Å². The normalized spacial score (nSPS) is 9.88. The summed E-state index contributed by atoms with van der Waals surface area (Å²) in [4.78, 5) is 9.34. The van der Waals surface area contributed by atoms with E-state index < -0.39 is 4.92 Å². The van der Waals surface area contributed by atoms with Crippen LogP contribution in [-0.4, -0.2) is 19.1 Å². The van der Waals surface area contributed by atoms with Crippen molar-refractivity contribution in [2.45, 2.75) is 6.61 Å². The predicted octanol–water partition coefficient (Wildman–Crippen LogP) is 1.62. The molecule has 1 aromatic carbocycles. The van der Waals surface area contributed by atoms with Crippen molar-refractivity contribution in [2.75, 3.05) is 14.2 Å². The van der Waals surface area contributed by atoms with Crippen LogP contribution in [0.3, 0.4) is 0 Å². The highest BCUT2D eigenvalue weighted by Gasteiger charge is 2.06. The lowest BCUT2D eigenvalue weighted by atomic mass is 10.2. The Balaban J connectivity index is 2.64. The maximum Gasteiger partial charge on any atom is 0.410 e. The fourth-order valence-electron chi connectivity index (χ4n) is 1.16. The van der Waals surface area contributed by atoms with Crippen molar-refractivity contribution in [3.05, 3.63) is 40.6 Å². The summed E-state index contributed by atoms with van der Waals surface area (Å²) in [6, 6.07) is 5.16. The summed E-state index contributed by atoms with van der Waals surface area (Å²) in [5, 5.41) is 9.99. The van der Waals surface area contributed by atoms with Crippen LogP contribution in [0.4, 0.5) is 0 Å². The van der Waals surface area contributed by atoms with E-state index in [0.29, 0.717) is 18.2 Å². The minimum absolute atomic E-state index is 0.112. The lowest BCUT2D eigenvalue weighted by Gasteiger charge is -2.08. The quantitative estimate of drug-likeness (QED) is 0.544. The van der Waals surface area contributed by atoms with E-state index in [9.17, 15) is 10.1 Å². The topological polar surface area (TPSA) is 70.8 Å². The molecule has 0 unspecified atom stereocenters. The van der Waals surface area contributed by atoms with Gasteiger partial charge in [0.25, 0.3) is 0 Å². The first kappa shape index (κ1) is 12.3. The Morgan fingerprint density at radius 2 is 2.00 bits per heavy atom. The Hall–Kier alpha value is -1.82. The van der Waals surface area contributed by atoms with Crippen molar-refractivity contribution < 1.29 is 19.1 Å². The minimum Gasteiger partial charge on any atom is -0.493 e. The van der Waals surface area contributed by atoms with Crippen molar-refractivity contribution in [3.63, 3.8) is 0 Å². The summed E-state index contributed by atoms with van der Waals surface area (Å²) < 4.78 is 14.9. The van der Waals surface area contributed by atoms with Gasteiger partial charge in [0.2, 0.25) is 0 Å². The average Bonchev–Trinajstić information content (AvgIpc) is 2.28. The first-order chi connectivity index (χ1) is 7.67. The molecule has 1 rings (SSSR count). The van der Waals surface area contributed by atoms with E-state index in [-0.39, 0.29) is 6.61 Å². The first-order valence-corrected chi connectivity index (χ1v) is 4.46. The van der Waals surface area contributed by atoms with Crippen LogP contribution in [0.15, 0.2) is 18.2 Å². The molecular weight excluding hydrogens is 214 g/mol. The maximum atomic E-state index is 9.99. The summed E-state index contributed by atoms with van der Waals surface area (Å²) in [6.07, 6.45) is 0. The number of benzene rings is 1. The molecule has 16 heavy (non-hydrogen) atoms. The molecule has 0 aliphatic heterocycles. The molecule has 0 aliphatic rings. The summed E-state index contributed by atoms with van der Waals surface area (Å²) in [7, 11) is 3.06. The van der Waals surface area contributed by atoms with Crippen molar-refractivity contribution in [1.82, 2.24) is 0 Å². The molecule has 6 nitrogen and oxygen atoms in total. The molecule has 0 heterocycles. The lowest BCUT2D eigenvalue weighted by molar-refractivity contribution is -0.477. The second-order valence-corrected chi connectivity index (χ2v) is 2.89. The maximum absolute atomic E-state index is 9.99. The minimum atomic E-state index is -0.652. The largest absolute Gasteiger partial charge is 0.493 e. The summed E-state index contributed by atoms with van der Waals surface area (Å²) in [6.45, 7) is 0.665. The molecule has 0 aliphatic carbocycles. The molecule has 1 aromatic rings.